The molecule has 7 nitrogen and oxygen atoms in total. The number of halogens is 1. The van der Waals surface area contributed by atoms with E-state index in [4.69, 9.17) is 4.74 Å². The summed E-state index contributed by atoms with van der Waals surface area (Å²) in [5.74, 6) is 0.268. The fourth-order valence-electron chi connectivity index (χ4n) is 4.73. The molecule has 0 bridgehead atoms. The van der Waals surface area contributed by atoms with Gasteiger partial charge in [0, 0.05) is 18.2 Å². The van der Waals surface area contributed by atoms with Gasteiger partial charge in [0.05, 0.1) is 11.8 Å². The largest absolute Gasteiger partial charge is 0.483 e. The zero-order chi connectivity index (χ0) is 22.7. The van der Waals surface area contributed by atoms with E-state index in [0.29, 0.717) is 12.1 Å². The molecule has 0 spiro atoms. The monoisotopic (exact) mass is 445 g/mol. The zero-order valence-corrected chi connectivity index (χ0v) is 18.1. The molecule has 1 N–H and O–H groups in total. The number of rotatable bonds is 7. The topological polar surface area (TPSA) is 85.7 Å². The van der Waals surface area contributed by atoms with E-state index in [1.54, 1.807) is 24.5 Å². The molecule has 1 aliphatic rings. The van der Waals surface area contributed by atoms with Crippen LogP contribution in [0.25, 0.3) is 11.4 Å². The van der Waals surface area contributed by atoms with Crippen molar-refractivity contribution in [3.05, 3.63) is 94.2 Å². The van der Waals surface area contributed by atoms with Crippen LogP contribution in [0.15, 0.2) is 71.8 Å². The Bertz CT molecular complexity index is 1280. The number of tetrazole rings is 1. The molecule has 0 aliphatic heterocycles. The smallest absolute Gasteiger partial charge is 0.234 e. The first-order valence-electron chi connectivity index (χ1n) is 11.0. The predicted octanol–water partition coefficient (Wildman–Crippen LogP) is 4.26. The van der Waals surface area contributed by atoms with Crippen LogP contribution in [0.2, 0.25) is 0 Å². The molecule has 33 heavy (non-hydrogen) atoms. The summed E-state index contributed by atoms with van der Waals surface area (Å²) in [6, 6.07) is 16.5. The highest BCUT2D eigenvalue weighted by Crippen LogP contribution is 2.43. The molecule has 2 aromatic carbocycles. The number of aromatic nitrogens is 5. The third kappa shape index (κ3) is 4.41. The first kappa shape index (κ1) is 21.1. The number of benzene rings is 2. The normalized spacial score (nSPS) is 14.9. The summed E-state index contributed by atoms with van der Waals surface area (Å²) in [4.78, 5) is 13.2. The third-order valence-electron chi connectivity index (χ3n) is 6.37. The third-order valence-corrected chi connectivity index (χ3v) is 6.37. The molecule has 8 heteroatoms. The lowest BCUT2D eigenvalue weighted by Gasteiger charge is -2.31. The maximum Gasteiger partial charge on any atom is 0.234 e. The Morgan fingerprint density at radius 3 is 2.61 bits per heavy atom. The minimum Gasteiger partial charge on any atom is -0.483 e. The second-order valence-corrected chi connectivity index (χ2v) is 8.56. The summed E-state index contributed by atoms with van der Waals surface area (Å²) < 4.78 is 22.0. The number of nitrogens with one attached hydrogen (secondary N) is 1. The van der Waals surface area contributed by atoms with Gasteiger partial charge in [0.15, 0.2) is 11.6 Å². The van der Waals surface area contributed by atoms with Crippen molar-refractivity contribution in [1.82, 2.24) is 25.2 Å². The van der Waals surface area contributed by atoms with Crippen LogP contribution in [0, 0.1) is 5.82 Å². The Kier molecular flexibility index (Phi) is 5.73. The second kappa shape index (κ2) is 8.97. The Morgan fingerprint density at radius 2 is 1.88 bits per heavy atom. The van der Waals surface area contributed by atoms with Crippen LogP contribution in [-0.2, 0) is 18.6 Å². The summed E-state index contributed by atoms with van der Waals surface area (Å²) >= 11 is 0. The van der Waals surface area contributed by atoms with Crippen molar-refractivity contribution in [2.45, 2.75) is 44.2 Å². The van der Waals surface area contributed by atoms with E-state index >= 15 is 0 Å². The number of H-pyrrole nitrogens is 1. The SMILES string of the molecule is O=c1c(OCc2ccccc2)cn(CC2(c3cccc(F)c3)CCCC2)cc1-c1nnn[nH]1. The molecule has 2 aromatic heterocycles. The molecule has 0 atom stereocenters. The van der Waals surface area contributed by atoms with E-state index in [2.05, 4.69) is 20.6 Å². The Hall–Kier alpha value is -3.81. The van der Waals surface area contributed by atoms with Crippen LogP contribution >= 0.6 is 0 Å². The van der Waals surface area contributed by atoms with Crippen molar-refractivity contribution in [1.29, 1.82) is 0 Å². The lowest BCUT2D eigenvalue weighted by molar-refractivity contribution is 0.296. The molecule has 1 fully saturated rings. The summed E-state index contributed by atoms with van der Waals surface area (Å²) in [5, 5.41) is 13.8. The highest BCUT2D eigenvalue weighted by atomic mass is 19.1. The predicted molar refractivity (Wildman–Crippen MR) is 121 cm³/mol. The van der Waals surface area contributed by atoms with Gasteiger partial charge in [-0.15, -0.1) is 5.10 Å². The molecule has 0 saturated heterocycles. The van der Waals surface area contributed by atoms with Crippen LogP contribution in [-0.4, -0.2) is 25.2 Å². The molecule has 2 heterocycles. The fraction of sp³-hybridized carbons (Fsp3) is 0.280. The Labute approximate surface area is 190 Å². The van der Waals surface area contributed by atoms with E-state index < -0.39 is 0 Å². The second-order valence-electron chi connectivity index (χ2n) is 8.56. The van der Waals surface area contributed by atoms with Gasteiger partial charge >= 0.3 is 0 Å². The van der Waals surface area contributed by atoms with E-state index in [1.165, 1.54) is 6.07 Å². The lowest BCUT2D eigenvalue weighted by atomic mass is 9.78. The van der Waals surface area contributed by atoms with Gasteiger partial charge in [0.25, 0.3) is 0 Å². The van der Waals surface area contributed by atoms with Crippen LogP contribution in [0.5, 0.6) is 5.75 Å². The number of aromatic amines is 1. The van der Waals surface area contributed by atoms with Crippen molar-refractivity contribution < 1.29 is 9.13 Å². The Balaban J connectivity index is 1.53. The Morgan fingerprint density at radius 1 is 1.06 bits per heavy atom. The molecule has 0 unspecified atom stereocenters. The fourth-order valence-corrected chi connectivity index (χ4v) is 4.73. The standard InChI is InChI=1S/C25H24FN5O2/c26-20-10-6-9-19(13-20)25(11-4-5-12-25)17-31-14-21(24-27-29-30-28-24)23(32)22(15-31)33-16-18-7-2-1-3-8-18/h1-3,6-10,13-15H,4-5,11-12,16-17H2,(H,27,28,29,30). The average molecular weight is 445 g/mol. The summed E-state index contributed by atoms with van der Waals surface area (Å²) in [6.45, 7) is 0.857. The van der Waals surface area contributed by atoms with Gasteiger partial charge in [-0.05, 0) is 46.5 Å². The number of hydrogen-bond donors (Lipinski definition) is 1. The van der Waals surface area contributed by atoms with Crippen molar-refractivity contribution in [3.63, 3.8) is 0 Å². The van der Waals surface area contributed by atoms with Crippen molar-refractivity contribution in [3.8, 4) is 17.1 Å². The minimum atomic E-state index is -0.285. The number of nitrogens with zero attached hydrogens (tertiary/aromatic N) is 4. The number of hydrogen-bond acceptors (Lipinski definition) is 5. The number of ether oxygens (including phenoxy) is 1. The highest BCUT2D eigenvalue weighted by Gasteiger charge is 2.36. The maximum absolute atomic E-state index is 14.1. The number of pyridine rings is 1. The van der Waals surface area contributed by atoms with Crippen LogP contribution in [0.1, 0.15) is 36.8 Å². The van der Waals surface area contributed by atoms with Crippen molar-refractivity contribution >= 4 is 0 Å². The van der Waals surface area contributed by atoms with E-state index in [9.17, 15) is 9.18 Å². The zero-order valence-electron chi connectivity index (χ0n) is 18.1. The summed E-state index contributed by atoms with van der Waals surface area (Å²) in [6.07, 6.45) is 7.53. The van der Waals surface area contributed by atoms with Gasteiger partial charge in [-0.3, -0.25) is 4.79 Å². The molecule has 1 saturated carbocycles. The van der Waals surface area contributed by atoms with Gasteiger partial charge in [-0.1, -0.05) is 55.3 Å². The van der Waals surface area contributed by atoms with E-state index in [0.717, 1.165) is 36.8 Å². The molecular formula is C25H24FN5O2. The van der Waals surface area contributed by atoms with E-state index in [-0.39, 0.29) is 34.8 Å². The van der Waals surface area contributed by atoms with Gasteiger partial charge < -0.3 is 9.30 Å². The molecule has 1 aliphatic carbocycles. The van der Waals surface area contributed by atoms with Crippen LogP contribution < -0.4 is 10.2 Å². The highest BCUT2D eigenvalue weighted by molar-refractivity contribution is 5.54. The van der Waals surface area contributed by atoms with Crippen molar-refractivity contribution in [2.75, 3.05) is 0 Å². The van der Waals surface area contributed by atoms with Gasteiger partial charge in [0.2, 0.25) is 5.43 Å². The molecule has 5 rings (SSSR count). The van der Waals surface area contributed by atoms with Gasteiger partial charge in [-0.25, -0.2) is 9.49 Å². The quantitative estimate of drug-likeness (QED) is 0.459. The molecular weight excluding hydrogens is 421 g/mol. The van der Waals surface area contributed by atoms with Crippen molar-refractivity contribution in [2.24, 2.45) is 0 Å². The average Bonchev–Trinajstić information content (AvgIpc) is 3.53. The maximum atomic E-state index is 14.1. The summed E-state index contributed by atoms with van der Waals surface area (Å²) in [7, 11) is 0. The van der Waals surface area contributed by atoms with Crippen LogP contribution in [0.4, 0.5) is 4.39 Å². The van der Waals surface area contributed by atoms with Gasteiger partial charge in [-0.2, -0.15) is 0 Å². The van der Waals surface area contributed by atoms with E-state index in [1.807, 2.05) is 41.0 Å². The minimum absolute atomic E-state index is 0.217. The summed E-state index contributed by atoms with van der Waals surface area (Å²) in [5.41, 5.74) is 1.77. The molecule has 0 amide bonds. The van der Waals surface area contributed by atoms with Crippen LogP contribution in [0.3, 0.4) is 0 Å². The molecule has 168 valence electrons. The molecule has 4 aromatic rings. The van der Waals surface area contributed by atoms with Gasteiger partial charge in [0.1, 0.15) is 12.4 Å². The molecule has 0 radical (unpaired) electrons. The first-order chi connectivity index (χ1) is 16.1. The lowest BCUT2D eigenvalue weighted by Crippen LogP contribution is -2.29. The first-order valence-corrected chi connectivity index (χ1v) is 11.0.